The molecule has 0 fully saturated rings. The maximum absolute atomic E-state index is 2.39. The van der Waals surface area contributed by atoms with Gasteiger partial charge in [0.15, 0.2) is 0 Å². The summed E-state index contributed by atoms with van der Waals surface area (Å²) in [6, 6.07) is 0. The first-order valence-corrected chi connectivity index (χ1v) is 7.30. The van der Waals surface area contributed by atoms with Gasteiger partial charge >= 0.3 is 0 Å². The summed E-state index contributed by atoms with van der Waals surface area (Å²) in [5, 5.41) is 0. The first-order valence-electron chi connectivity index (χ1n) is 7.30. The van der Waals surface area contributed by atoms with Crippen LogP contribution in [0.5, 0.6) is 0 Å². The van der Waals surface area contributed by atoms with Gasteiger partial charge in [0.25, 0.3) is 0 Å². The molecule has 0 aromatic rings. The van der Waals surface area contributed by atoms with Crippen molar-refractivity contribution in [3.05, 3.63) is 24.3 Å². The highest BCUT2D eigenvalue weighted by Gasteiger charge is 1.90. The van der Waals surface area contributed by atoms with Crippen molar-refractivity contribution in [1.29, 1.82) is 0 Å². The van der Waals surface area contributed by atoms with Crippen LogP contribution < -0.4 is 0 Å². The van der Waals surface area contributed by atoms with E-state index in [1.165, 1.54) is 77.0 Å². The van der Waals surface area contributed by atoms with Crippen LogP contribution in [0.2, 0.25) is 0 Å². The Balaban J connectivity index is 2.13. The minimum absolute atomic E-state index is 1.30. The second-order valence-corrected chi connectivity index (χ2v) is 4.93. The molecule has 0 aromatic carbocycles. The van der Waals surface area contributed by atoms with Crippen LogP contribution in [0.1, 0.15) is 77.0 Å². The van der Waals surface area contributed by atoms with E-state index in [0.717, 1.165) is 0 Å². The van der Waals surface area contributed by atoms with Crippen molar-refractivity contribution in [2.24, 2.45) is 0 Å². The van der Waals surface area contributed by atoms with E-state index in [9.17, 15) is 0 Å². The van der Waals surface area contributed by atoms with Crippen LogP contribution in [0, 0.1) is 0 Å². The van der Waals surface area contributed by atoms with Crippen LogP contribution in [0.15, 0.2) is 24.3 Å². The van der Waals surface area contributed by atoms with E-state index in [4.69, 9.17) is 0 Å². The summed E-state index contributed by atoms with van der Waals surface area (Å²) in [5.74, 6) is 0. The van der Waals surface area contributed by atoms with Gasteiger partial charge in [0.2, 0.25) is 0 Å². The van der Waals surface area contributed by atoms with Crippen LogP contribution in [0.4, 0.5) is 0 Å². The molecule has 0 atom stereocenters. The van der Waals surface area contributed by atoms with Gasteiger partial charge in [0.05, 0.1) is 0 Å². The predicted octanol–water partition coefficient (Wildman–Crippen LogP) is 5.79. The van der Waals surface area contributed by atoms with Crippen molar-refractivity contribution in [1.82, 2.24) is 0 Å². The van der Waals surface area contributed by atoms with E-state index >= 15 is 0 Å². The molecule has 0 amide bonds. The van der Waals surface area contributed by atoms with Gasteiger partial charge in [-0.1, -0.05) is 50.0 Å². The molecule has 0 bridgehead atoms. The van der Waals surface area contributed by atoms with Crippen LogP contribution in [0.25, 0.3) is 0 Å². The van der Waals surface area contributed by atoms with E-state index in [1.54, 1.807) is 0 Å². The third kappa shape index (κ3) is 8.76. The molecule has 0 unspecified atom stereocenters. The molecular weight excluding hydrogens is 192 g/mol. The molecule has 0 nitrogen and oxygen atoms in total. The van der Waals surface area contributed by atoms with Crippen molar-refractivity contribution < 1.29 is 0 Å². The Labute approximate surface area is 102 Å². The lowest BCUT2D eigenvalue weighted by atomic mass is 10.1. The minimum atomic E-state index is 1.30. The topological polar surface area (TPSA) is 0 Å². The van der Waals surface area contributed by atoms with E-state index < -0.39 is 0 Å². The average Bonchev–Trinajstić information content (AvgIpc) is 2.29. The van der Waals surface area contributed by atoms with Crippen molar-refractivity contribution in [2.45, 2.75) is 77.0 Å². The van der Waals surface area contributed by atoms with Gasteiger partial charge in [-0.05, 0) is 51.4 Å². The molecule has 0 heterocycles. The van der Waals surface area contributed by atoms with Crippen molar-refractivity contribution >= 4 is 0 Å². The maximum Gasteiger partial charge on any atom is -0.0351 e. The zero-order valence-electron chi connectivity index (χ0n) is 10.8. The van der Waals surface area contributed by atoms with Crippen LogP contribution in [0.3, 0.4) is 0 Å². The highest BCUT2D eigenvalue weighted by Crippen LogP contribution is 2.10. The molecule has 0 N–H and O–H groups in total. The molecule has 92 valence electrons. The zero-order valence-corrected chi connectivity index (χ0v) is 10.8. The summed E-state index contributed by atoms with van der Waals surface area (Å²) in [5.41, 5.74) is 0. The summed E-state index contributed by atoms with van der Waals surface area (Å²) in [4.78, 5) is 0. The standard InChI is InChI=1S/C16H28/c1-2-4-6-8-10-12-14-16-15-13-11-9-7-5-3-1/h1-2,15-16H,3-14H2/b2-1+,16-15?. The summed E-state index contributed by atoms with van der Waals surface area (Å²) in [7, 11) is 0. The number of hydrogen-bond acceptors (Lipinski definition) is 0. The van der Waals surface area contributed by atoms with Gasteiger partial charge in [-0.25, -0.2) is 0 Å². The van der Waals surface area contributed by atoms with Gasteiger partial charge in [-0.15, -0.1) is 0 Å². The van der Waals surface area contributed by atoms with Crippen LogP contribution in [-0.4, -0.2) is 0 Å². The summed E-state index contributed by atoms with van der Waals surface area (Å²) >= 11 is 0. The van der Waals surface area contributed by atoms with E-state index in [1.807, 2.05) is 0 Å². The smallest absolute Gasteiger partial charge is 0.0351 e. The maximum atomic E-state index is 2.39. The van der Waals surface area contributed by atoms with Gasteiger partial charge in [-0.2, -0.15) is 0 Å². The molecular formula is C16H28. The number of hydrogen-bond donors (Lipinski definition) is 0. The molecule has 0 saturated heterocycles. The molecule has 1 aliphatic rings. The van der Waals surface area contributed by atoms with Gasteiger partial charge in [0.1, 0.15) is 0 Å². The number of rotatable bonds is 0. The highest BCUT2D eigenvalue weighted by atomic mass is 14.0. The molecule has 0 saturated carbocycles. The van der Waals surface area contributed by atoms with Gasteiger partial charge in [0, 0.05) is 0 Å². The van der Waals surface area contributed by atoms with Crippen molar-refractivity contribution in [2.75, 3.05) is 0 Å². The SMILES string of the molecule is C1=CCCCCCC/C=C/CCCCCC1. The Hall–Kier alpha value is -0.520. The quantitative estimate of drug-likeness (QED) is 0.453. The van der Waals surface area contributed by atoms with E-state index in [2.05, 4.69) is 24.3 Å². The second kappa shape index (κ2) is 11.0. The third-order valence-electron chi connectivity index (χ3n) is 3.32. The Kier molecular flexibility index (Phi) is 9.30. The first kappa shape index (κ1) is 13.5. The molecule has 0 spiro atoms. The average molecular weight is 220 g/mol. The van der Waals surface area contributed by atoms with Crippen LogP contribution >= 0.6 is 0 Å². The Morgan fingerprint density at radius 1 is 0.312 bits per heavy atom. The molecule has 0 aliphatic heterocycles. The van der Waals surface area contributed by atoms with Gasteiger partial charge < -0.3 is 0 Å². The molecule has 1 rings (SSSR count). The minimum Gasteiger partial charge on any atom is -0.0885 e. The largest absolute Gasteiger partial charge is 0.0885 e. The Morgan fingerprint density at radius 3 is 0.812 bits per heavy atom. The molecule has 0 aromatic heterocycles. The van der Waals surface area contributed by atoms with Gasteiger partial charge in [-0.3, -0.25) is 0 Å². The lowest BCUT2D eigenvalue weighted by molar-refractivity contribution is 0.638. The van der Waals surface area contributed by atoms with E-state index in [0.29, 0.717) is 0 Å². The highest BCUT2D eigenvalue weighted by molar-refractivity contribution is 4.83. The lowest BCUT2D eigenvalue weighted by Gasteiger charge is -2.00. The monoisotopic (exact) mass is 220 g/mol. The van der Waals surface area contributed by atoms with Crippen molar-refractivity contribution in [3.8, 4) is 0 Å². The molecule has 16 heavy (non-hydrogen) atoms. The zero-order chi connectivity index (χ0) is 11.3. The second-order valence-electron chi connectivity index (χ2n) is 4.93. The summed E-state index contributed by atoms with van der Waals surface area (Å²) in [6.45, 7) is 0. The molecule has 0 radical (unpaired) electrons. The first-order chi connectivity index (χ1) is 8.00. The Bertz CT molecular complexity index is 146. The normalized spacial score (nSPS) is 24.0. The van der Waals surface area contributed by atoms with Crippen LogP contribution in [-0.2, 0) is 0 Å². The molecule has 0 heteroatoms. The van der Waals surface area contributed by atoms with E-state index in [-0.39, 0.29) is 0 Å². The fourth-order valence-electron chi connectivity index (χ4n) is 2.23. The third-order valence-corrected chi connectivity index (χ3v) is 3.32. The summed E-state index contributed by atoms with van der Waals surface area (Å²) < 4.78 is 0. The predicted molar refractivity (Wildman–Crippen MR) is 73.7 cm³/mol. The summed E-state index contributed by atoms with van der Waals surface area (Å²) in [6.07, 6.45) is 26.0. The Morgan fingerprint density at radius 2 is 0.562 bits per heavy atom. The fraction of sp³-hybridized carbons (Fsp3) is 0.750. The fourth-order valence-corrected chi connectivity index (χ4v) is 2.23. The molecule has 1 aliphatic carbocycles. The lowest BCUT2D eigenvalue weighted by Crippen LogP contribution is -1.80. The van der Waals surface area contributed by atoms with Crippen molar-refractivity contribution in [3.63, 3.8) is 0 Å². The number of allylic oxidation sites excluding steroid dienone is 4.